The third kappa shape index (κ3) is 3.71. The normalized spacial score (nSPS) is 14.0. The van der Waals surface area contributed by atoms with E-state index in [4.69, 9.17) is 10.5 Å². The Morgan fingerprint density at radius 2 is 2.21 bits per heavy atom. The van der Waals surface area contributed by atoms with Crippen LogP contribution < -0.4 is 10.5 Å². The molecule has 4 heteroatoms. The van der Waals surface area contributed by atoms with Crippen molar-refractivity contribution in [1.82, 2.24) is 4.90 Å². The number of benzene rings is 1. The maximum atomic E-state index is 5.80. The van der Waals surface area contributed by atoms with E-state index >= 15 is 0 Å². The first-order valence-corrected chi connectivity index (χ1v) is 7.79. The van der Waals surface area contributed by atoms with Crippen LogP contribution in [0, 0.1) is 0 Å². The van der Waals surface area contributed by atoms with Crippen LogP contribution in [0.2, 0.25) is 0 Å². The topological polar surface area (TPSA) is 38.5 Å². The number of hydrogen-bond acceptors (Lipinski definition) is 3. The molecule has 1 aromatic carbocycles. The van der Waals surface area contributed by atoms with E-state index in [2.05, 4.69) is 46.8 Å². The van der Waals surface area contributed by atoms with E-state index in [-0.39, 0.29) is 0 Å². The fraction of sp³-hybridized carbons (Fsp3) is 0.600. The van der Waals surface area contributed by atoms with Crippen molar-refractivity contribution in [3.8, 4) is 5.75 Å². The molecule has 2 rings (SSSR count). The van der Waals surface area contributed by atoms with Crippen molar-refractivity contribution in [2.24, 2.45) is 5.73 Å². The van der Waals surface area contributed by atoms with E-state index in [1.54, 1.807) is 0 Å². The largest absolute Gasteiger partial charge is 0.493 e. The monoisotopic (exact) mass is 326 g/mol. The van der Waals surface area contributed by atoms with Crippen molar-refractivity contribution in [2.45, 2.75) is 39.3 Å². The fourth-order valence-corrected chi connectivity index (χ4v) is 3.05. The quantitative estimate of drug-likeness (QED) is 0.873. The third-order valence-electron chi connectivity index (χ3n) is 3.58. The van der Waals surface area contributed by atoms with Gasteiger partial charge in [0.2, 0.25) is 0 Å². The zero-order valence-corrected chi connectivity index (χ0v) is 13.4. The number of ether oxygens (including phenoxy) is 1. The first-order valence-electron chi connectivity index (χ1n) is 7.00. The molecule has 0 saturated heterocycles. The zero-order valence-electron chi connectivity index (χ0n) is 11.8. The minimum absolute atomic E-state index is 0.516. The van der Waals surface area contributed by atoms with Gasteiger partial charge in [0, 0.05) is 29.0 Å². The van der Waals surface area contributed by atoms with Gasteiger partial charge in [-0.15, -0.1) is 0 Å². The van der Waals surface area contributed by atoms with Crippen molar-refractivity contribution >= 4 is 15.9 Å². The van der Waals surface area contributed by atoms with Crippen LogP contribution in [-0.4, -0.2) is 30.6 Å². The predicted octanol–water partition coefficient (Wildman–Crippen LogP) is 2.94. The van der Waals surface area contributed by atoms with Crippen molar-refractivity contribution in [3.05, 3.63) is 27.7 Å². The van der Waals surface area contributed by atoms with E-state index in [0.29, 0.717) is 6.04 Å². The van der Waals surface area contributed by atoms with E-state index in [0.717, 1.165) is 49.3 Å². The number of fused-ring (bicyclic) bond motifs is 1. The smallest absolute Gasteiger partial charge is 0.127 e. The molecule has 0 aliphatic carbocycles. The highest BCUT2D eigenvalue weighted by atomic mass is 79.9. The summed E-state index contributed by atoms with van der Waals surface area (Å²) in [6, 6.07) is 4.87. The Labute approximate surface area is 124 Å². The second-order valence-corrected chi connectivity index (χ2v) is 6.27. The van der Waals surface area contributed by atoms with Gasteiger partial charge in [-0.2, -0.15) is 0 Å². The number of nitrogens with two attached hydrogens (primary N) is 1. The van der Waals surface area contributed by atoms with Crippen molar-refractivity contribution in [1.29, 1.82) is 0 Å². The Hall–Kier alpha value is -0.580. The van der Waals surface area contributed by atoms with Gasteiger partial charge in [0.25, 0.3) is 0 Å². The van der Waals surface area contributed by atoms with Gasteiger partial charge in [0.05, 0.1) is 6.61 Å². The molecule has 3 nitrogen and oxygen atoms in total. The van der Waals surface area contributed by atoms with Crippen LogP contribution in [0.15, 0.2) is 16.6 Å². The summed E-state index contributed by atoms with van der Waals surface area (Å²) in [4.78, 5) is 2.45. The molecule has 0 atom stereocenters. The summed E-state index contributed by atoms with van der Waals surface area (Å²) in [6.45, 7) is 7.99. The Morgan fingerprint density at radius 3 is 2.89 bits per heavy atom. The number of halogens is 1. The Kier molecular flexibility index (Phi) is 5.25. The molecule has 2 N–H and O–H groups in total. The van der Waals surface area contributed by atoms with Gasteiger partial charge < -0.3 is 10.5 Å². The zero-order chi connectivity index (χ0) is 13.8. The maximum absolute atomic E-state index is 5.80. The van der Waals surface area contributed by atoms with E-state index in [1.165, 1.54) is 11.1 Å². The summed E-state index contributed by atoms with van der Waals surface area (Å²) in [5, 5.41) is 0. The van der Waals surface area contributed by atoms with Crippen molar-refractivity contribution in [2.75, 3.05) is 19.7 Å². The molecule has 0 unspecified atom stereocenters. The lowest BCUT2D eigenvalue weighted by atomic mass is 10.1. The standard InChI is InChI=1S/C15H23BrN2O/c1-11(2)18(6-3-5-17)10-13-9-14(16)8-12-4-7-19-15(12)13/h8-9,11H,3-7,10,17H2,1-2H3. The summed E-state index contributed by atoms with van der Waals surface area (Å²) >= 11 is 3.60. The lowest BCUT2D eigenvalue weighted by Crippen LogP contribution is -2.32. The molecule has 0 amide bonds. The minimum atomic E-state index is 0.516. The molecule has 0 aromatic heterocycles. The molecule has 0 radical (unpaired) electrons. The first kappa shape index (κ1) is 14.8. The molecule has 106 valence electrons. The molecule has 1 aliphatic heterocycles. The van der Waals surface area contributed by atoms with E-state index < -0.39 is 0 Å². The lowest BCUT2D eigenvalue weighted by molar-refractivity contribution is 0.208. The Balaban J connectivity index is 2.17. The van der Waals surface area contributed by atoms with Crippen LogP contribution in [0.4, 0.5) is 0 Å². The van der Waals surface area contributed by atoms with Crippen LogP contribution in [0.1, 0.15) is 31.4 Å². The molecule has 1 heterocycles. The third-order valence-corrected chi connectivity index (χ3v) is 4.04. The molecule has 0 spiro atoms. The average molecular weight is 327 g/mol. The van der Waals surface area contributed by atoms with Crippen molar-refractivity contribution in [3.63, 3.8) is 0 Å². The van der Waals surface area contributed by atoms with Crippen LogP contribution in [0.25, 0.3) is 0 Å². The second-order valence-electron chi connectivity index (χ2n) is 5.36. The highest BCUT2D eigenvalue weighted by Gasteiger charge is 2.20. The van der Waals surface area contributed by atoms with Gasteiger partial charge in [0.1, 0.15) is 5.75 Å². The van der Waals surface area contributed by atoms with Gasteiger partial charge in [-0.05, 0) is 51.1 Å². The number of rotatable bonds is 6. The van der Waals surface area contributed by atoms with Gasteiger partial charge in [-0.3, -0.25) is 4.90 Å². The summed E-state index contributed by atoms with van der Waals surface area (Å²) in [6.07, 6.45) is 2.06. The maximum Gasteiger partial charge on any atom is 0.127 e. The Morgan fingerprint density at radius 1 is 1.42 bits per heavy atom. The van der Waals surface area contributed by atoms with Crippen LogP contribution in [0.5, 0.6) is 5.75 Å². The average Bonchev–Trinajstić information content (AvgIpc) is 2.81. The van der Waals surface area contributed by atoms with Gasteiger partial charge in [0.15, 0.2) is 0 Å². The SMILES string of the molecule is CC(C)N(CCCN)Cc1cc(Br)cc2c1OCC2. The van der Waals surface area contributed by atoms with Crippen LogP contribution >= 0.6 is 15.9 Å². The summed E-state index contributed by atoms with van der Waals surface area (Å²) < 4.78 is 6.94. The second kappa shape index (κ2) is 6.73. The lowest BCUT2D eigenvalue weighted by Gasteiger charge is -2.27. The molecule has 0 fully saturated rings. The molecule has 0 saturated carbocycles. The summed E-state index contributed by atoms with van der Waals surface area (Å²) in [5.74, 6) is 1.10. The predicted molar refractivity (Wildman–Crippen MR) is 82.6 cm³/mol. The van der Waals surface area contributed by atoms with Gasteiger partial charge in [-0.1, -0.05) is 15.9 Å². The van der Waals surface area contributed by atoms with E-state index in [1.807, 2.05) is 0 Å². The highest BCUT2D eigenvalue weighted by molar-refractivity contribution is 9.10. The first-order chi connectivity index (χ1) is 9.11. The van der Waals surface area contributed by atoms with Crippen molar-refractivity contribution < 1.29 is 4.74 Å². The summed E-state index contributed by atoms with van der Waals surface area (Å²) in [5.41, 5.74) is 8.24. The van der Waals surface area contributed by atoms with Gasteiger partial charge >= 0.3 is 0 Å². The van der Waals surface area contributed by atoms with Gasteiger partial charge in [-0.25, -0.2) is 0 Å². The molecule has 0 bridgehead atoms. The van der Waals surface area contributed by atoms with Crippen LogP contribution in [0.3, 0.4) is 0 Å². The molecular formula is C15H23BrN2O. The van der Waals surface area contributed by atoms with Crippen LogP contribution in [-0.2, 0) is 13.0 Å². The highest BCUT2D eigenvalue weighted by Crippen LogP contribution is 2.34. The minimum Gasteiger partial charge on any atom is -0.493 e. The number of hydrogen-bond donors (Lipinski definition) is 1. The molecule has 19 heavy (non-hydrogen) atoms. The molecular weight excluding hydrogens is 304 g/mol. The fourth-order valence-electron chi connectivity index (χ4n) is 2.50. The molecule has 1 aliphatic rings. The Bertz CT molecular complexity index is 434. The molecule has 1 aromatic rings. The van der Waals surface area contributed by atoms with E-state index in [9.17, 15) is 0 Å². The number of nitrogens with zero attached hydrogens (tertiary/aromatic N) is 1. The summed E-state index contributed by atoms with van der Waals surface area (Å²) in [7, 11) is 0.